The predicted molar refractivity (Wildman–Crippen MR) is 77.8 cm³/mol. The second kappa shape index (κ2) is 4.60. The van der Waals surface area contributed by atoms with Gasteiger partial charge in [0.05, 0.1) is 11.0 Å². The Morgan fingerprint density at radius 3 is 2.41 bits per heavy atom. The van der Waals surface area contributed by atoms with Crippen molar-refractivity contribution in [1.82, 2.24) is 0 Å². The number of likely N-dealkylation sites (N-methyl/N-ethyl adjacent to an activating group) is 1. The highest BCUT2D eigenvalue weighted by Gasteiger charge is 2.47. The quantitative estimate of drug-likeness (QED) is 0.780. The van der Waals surface area contributed by atoms with E-state index in [1.54, 1.807) is 44.3 Å². The first-order valence-electron chi connectivity index (χ1n) is 6.81. The van der Waals surface area contributed by atoms with Crippen LogP contribution in [0.25, 0.3) is 0 Å². The molecule has 1 amide bonds. The maximum absolute atomic E-state index is 13.0. The molecule has 1 heterocycles. The highest BCUT2D eigenvalue weighted by atomic mass is 19.4. The second-order valence-corrected chi connectivity index (χ2v) is 5.58. The first-order chi connectivity index (χ1) is 10.3. The molecule has 2 aromatic carbocycles. The van der Waals surface area contributed by atoms with E-state index in [2.05, 4.69) is 0 Å². The van der Waals surface area contributed by atoms with Crippen molar-refractivity contribution in [3.05, 3.63) is 65.2 Å². The van der Waals surface area contributed by atoms with Crippen LogP contribution < -0.4 is 4.90 Å². The second-order valence-electron chi connectivity index (χ2n) is 5.58. The van der Waals surface area contributed by atoms with Crippen molar-refractivity contribution in [3.63, 3.8) is 0 Å². The van der Waals surface area contributed by atoms with Gasteiger partial charge in [-0.2, -0.15) is 13.2 Å². The van der Waals surface area contributed by atoms with Crippen LogP contribution in [0.15, 0.2) is 48.5 Å². The summed E-state index contributed by atoms with van der Waals surface area (Å²) in [5, 5.41) is 0. The summed E-state index contributed by atoms with van der Waals surface area (Å²) in [5.41, 5.74) is -0.0449. The average Bonchev–Trinajstić information content (AvgIpc) is 2.70. The molecule has 2 aromatic rings. The Morgan fingerprint density at radius 2 is 1.73 bits per heavy atom. The van der Waals surface area contributed by atoms with Crippen molar-refractivity contribution in [1.29, 1.82) is 0 Å². The number of anilines is 1. The number of alkyl halides is 3. The van der Waals surface area contributed by atoms with Gasteiger partial charge in [0.1, 0.15) is 0 Å². The fraction of sp³-hybridized carbons (Fsp3) is 0.235. The van der Waals surface area contributed by atoms with E-state index in [9.17, 15) is 18.0 Å². The van der Waals surface area contributed by atoms with Gasteiger partial charge >= 0.3 is 6.18 Å². The van der Waals surface area contributed by atoms with Crippen LogP contribution in [0.3, 0.4) is 0 Å². The number of nitrogens with zero attached hydrogens (tertiary/aromatic N) is 1. The highest BCUT2D eigenvalue weighted by Crippen LogP contribution is 2.46. The molecule has 0 radical (unpaired) electrons. The third kappa shape index (κ3) is 1.92. The van der Waals surface area contributed by atoms with Gasteiger partial charge in [-0.15, -0.1) is 0 Å². The summed E-state index contributed by atoms with van der Waals surface area (Å²) in [6.45, 7) is 1.67. The van der Waals surface area contributed by atoms with Gasteiger partial charge in [-0.25, -0.2) is 0 Å². The Hall–Kier alpha value is -2.30. The van der Waals surface area contributed by atoms with Crippen LogP contribution in [0.1, 0.15) is 23.6 Å². The monoisotopic (exact) mass is 305 g/mol. The first-order valence-corrected chi connectivity index (χ1v) is 6.81. The third-order valence-corrected chi connectivity index (χ3v) is 4.30. The topological polar surface area (TPSA) is 20.3 Å². The summed E-state index contributed by atoms with van der Waals surface area (Å²) in [6.07, 6.45) is -4.43. The van der Waals surface area contributed by atoms with Gasteiger partial charge in [-0.1, -0.05) is 36.4 Å². The van der Waals surface area contributed by atoms with Crippen LogP contribution in [0, 0.1) is 0 Å². The number of fused-ring (bicyclic) bond motifs is 1. The van der Waals surface area contributed by atoms with Gasteiger partial charge in [0.15, 0.2) is 0 Å². The van der Waals surface area contributed by atoms with Gasteiger partial charge in [0.25, 0.3) is 0 Å². The summed E-state index contributed by atoms with van der Waals surface area (Å²) in [5.74, 6) is -0.229. The first kappa shape index (κ1) is 14.6. The number of halogens is 3. The molecule has 0 saturated heterocycles. The van der Waals surface area contributed by atoms with Gasteiger partial charge in [0, 0.05) is 12.7 Å². The smallest absolute Gasteiger partial charge is 0.314 e. The molecule has 22 heavy (non-hydrogen) atoms. The molecule has 0 fully saturated rings. The molecular formula is C17H14F3NO. The molecule has 0 N–H and O–H groups in total. The molecule has 1 aliphatic heterocycles. The number of carbonyl (C=O) groups is 1. The Balaban J connectivity index is 2.21. The van der Waals surface area contributed by atoms with Crippen LogP contribution >= 0.6 is 0 Å². The van der Waals surface area contributed by atoms with E-state index in [1.807, 2.05) is 0 Å². The Kier molecular flexibility index (Phi) is 3.06. The third-order valence-electron chi connectivity index (χ3n) is 4.30. The lowest BCUT2D eigenvalue weighted by molar-refractivity contribution is -0.137. The van der Waals surface area contributed by atoms with Crippen molar-refractivity contribution in [2.24, 2.45) is 0 Å². The molecule has 0 aliphatic carbocycles. The van der Waals surface area contributed by atoms with Gasteiger partial charge in [-0.3, -0.25) is 4.79 Å². The normalized spacial score (nSPS) is 21.1. The molecule has 0 aromatic heterocycles. The Morgan fingerprint density at radius 1 is 1.05 bits per heavy atom. The van der Waals surface area contributed by atoms with E-state index in [-0.39, 0.29) is 5.91 Å². The molecule has 2 nitrogen and oxygen atoms in total. The SMILES string of the molecule is CN1C(=O)C(C)(c2cccc(C(F)(F)F)c2)c2ccccc21. The zero-order chi connectivity index (χ0) is 16.1. The number of para-hydroxylation sites is 1. The minimum atomic E-state index is -4.43. The zero-order valence-electron chi connectivity index (χ0n) is 12.1. The van der Waals surface area contributed by atoms with E-state index in [4.69, 9.17) is 0 Å². The standard InChI is InChI=1S/C17H14F3NO/c1-16(11-6-5-7-12(10-11)17(18,19)20)13-8-3-4-9-14(13)21(2)15(16)22/h3-10H,1-2H3. The number of benzene rings is 2. The summed E-state index contributed by atoms with van der Waals surface area (Å²) in [7, 11) is 1.64. The maximum atomic E-state index is 13.0. The molecule has 114 valence electrons. The molecule has 5 heteroatoms. The largest absolute Gasteiger partial charge is 0.416 e. The number of hydrogen-bond donors (Lipinski definition) is 0. The lowest BCUT2D eigenvalue weighted by Gasteiger charge is -2.24. The van der Waals surface area contributed by atoms with Crippen molar-refractivity contribution in [2.45, 2.75) is 18.5 Å². The van der Waals surface area contributed by atoms with Crippen LogP contribution in [0.2, 0.25) is 0 Å². The lowest BCUT2D eigenvalue weighted by atomic mass is 9.77. The Bertz CT molecular complexity index is 754. The average molecular weight is 305 g/mol. The van der Waals surface area contributed by atoms with E-state index in [1.165, 1.54) is 11.0 Å². The molecule has 0 bridgehead atoms. The number of hydrogen-bond acceptors (Lipinski definition) is 1. The summed E-state index contributed by atoms with van der Waals surface area (Å²) in [6, 6.07) is 12.2. The molecule has 1 aliphatic rings. The van der Waals surface area contributed by atoms with Crippen molar-refractivity contribution < 1.29 is 18.0 Å². The summed E-state index contributed by atoms with van der Waals surface area (Å²) in [4.78, 5) is 14.2. The summed E-state index contributed by atoms with van der Waals surface area (Å²) < 4.78 is 38.9. The number of rotatable bonds is 1. The number of amides is 1. The fourth-order valence-electron chi connectivity index (χ4n) is 3.03. The molecule has 0 spiro atoms. The van der Waals surface area contributed by atoms with E-state index in [0.29, 0.717) is 5.56 Å². The van der Waals surface area contributed by atoms with Gasteiger partial charge in [0.2, 0.25) is 5.91 Å². The van der Waals surface area contributed by atoms with Gasteiger partial charge < -0.3 is 4.90 Å². The molecule has 1 atom stereocenters. The van der Waals surface area contributed by atoms with Crippen LogP contribution in [-0.4, -0.2) is 13.0 Å². The van der Waals surface area contributed by atoms with Crippen molar-refractivity contribution in [2.75, 3.05) is 11.9 Å². The van der Waals surface area contributed by atoms with E-state index < -0.39 is 17.2 Å². The highest BCUT2D eigenvalue weighted by molar-refractivity contribution is 6.09. The van der Waals surface area contributed by atoms with Gasteiger partial charge in [-0.05, 0) is 30.2 Å². The maximum Gasteiger partial charge on any atom is 0.416 e. The molecule has 1 unspecified atom stereocenters. The lowest BCUT2D eigenvalue weighted by Crippen LogP contribution is -2.37. The minimum Gasteiger partial charge on any atom is -0.314 e. The van der Waals surface area contributed by atoms with Crippen LogP contribution in [-0.2, 0) is 16.4 Å². The Labute approximate surface area is 126 Å². The van der Waals surface area contributed by atoms with Crippen LogP contribution in [0.4, 0.5) is 18.9 Å². The number of carbonyl (C=O) groups excluding carboxylic acids is 1. The van der Waals surface area contributed by atoms with Crippen molar-refractivity contribution in [3.8, 4) is 0 Å². The minimum absolute atomic E-state index is 0.229. The van der Waals surface area contributed by atoms with Crippen molar-refractivity contribution >= 4 is 11.6 Å². The predicted octanol–water partition coefficient (Wildman–Crippen LogP) is 3.99. The van der Waals surface area contributed by atoms with E-state index >= 15 is 0 Å². The zero-order valence-corrected chi connectivity index (χ0v) is 12.1. The molecule has 3 rings (SSSR count). The summed E-state index contributed by atoms with van der Waals surface area (Å²) >= 11 is 0. The fourth-order valence-corrected chi connectivity index (χ4v) is 3.03. The van der Waals surface area contributed by atoms with E-state index in [0.717, 1.165) is 23.4 Å². The molecular weight excluding hydrogens is 291 g/mol. The van der Waals surface area contributed by atoms with Crippen LogP contribution in [0.5, 0.6) is 0 Å². The molecule has 0 saturated carbocycles.